The number of rotatable bonds is 6. The van der Waals surface area contributed by atoms with Crippen molar-refractivity contribution in [3.05, 3.63) is 59.0 Å². The van der Waals surface area contributed by atoms with Gasteiger partial charge in [-0.05, 0) is 55.5 Å². The van der Waals surface area contributed by atoms with Crippen LogP contribution in [0, 0.1) is 6.92 Å². The number of carbonyl (C=O) groups excluding carboxylic acids is 1. The van der Waals surface area contributed by atoms with Crippen molar-refractivity contribution in [3.63, 3.8) is 0 Å². The second-order valence-electron chi connectivity index (χ2n) is 5.70. The number of nitrogen functional groups attached to an aromatic ring is 1. The topological polar surface area (TPSA) is 115 Å². The van der Waals surface area contributed by atoms with E-state index in [4.69, 9.17) is 15.6 Å². The van der Waals surface area contributed by atoms with Crippen LogP contribution in [0.3, 0.4) is 0 Å². The standard InChI is InChI=1S/C19H17N3O4S/c1-11-17(22-19(20)27-11)12-4-8-15(9-5-12)26-10-16(23)21-14-6-2-13(3-7-14)18(24)25/h2-9H,10H2,1H3,(H2,20,22)(H,21,23)(H,24,25). The number of aromatic carboxylic acids is 1. The maximum Gasteiger partial charge on any atom is 0.335 e. The monoisotopic (exact) mass is 383 g/mol. The van der Waals surface area contributed by atoms with E-state index in [-0.39, 0.29) is 18.1 Å². The quantitative estimate of drug-likeness (QED) is 0.601. The van der Waals surface area contributed by atoms with Crippen LogP contribution in [0.4, 0.5) is 10.8 Å². The molecule has 1 heterocycles. The maximum absolute atomic E-state index is 12.0. The van der Waals surface area contributed by atoms with E-state index < -0.39 is 5.97 Å². The van der Waals surface area contributed by atoms with Crippen molar-refractivity contribution in [3.8, 4) is 17.0 Å². The van der Waals surface area contributed by atoms with Crippen LogP contribution >= 0.6 is 11.3 Å². The number of carboxylic acid groups (broad SMARTS) is 1. The van der Waals surface area contributed by atoms with Gasteiger partial charge < -0.3 is 20.9 Å². The zero-order valence-corrected chi connectivity index (χ0v) is 15.2. The Morgan fingerprint density at radius 1 is 1.15 bits per heavy atom. The molecule has 4 N–H and O–H groups in total. The molecule has 1 amide bonds. The fourth-order valence-electron chi connectivity index (χ4n) is 2.44. The average Bonchev–Trinajstić information content (AvgIpc) is 2.99. The predicted molar refractivity (Wildman–Crippen MR) is 104 cm³/mol. The van der Waals surface area contributed by atoms with Crippen LogP contribution in [0.2, 0.25) is 0 Å². The molecule has 0 saturated carbocycles. The molecule has 0 spiro atoms. The van der Waals surface area contributed by atoms with Gasteiger partial charge in [-0.2, -0.15) is 0 Å². The number of thiazole rings is 1. The fourth-order valence-corrected chi connectivity index (χ4v) is 3.15. The first kappa shape index (κ1) is 18.4. The Balaban J connectivity index is 1.55. The smallest absolute Gasteiger partial charge is 0.335 e. The molecular weight excluding hydrogens is 366 g/mol. The Morgan fingerprint density at radius 2 is 1.81 bits per heavy atom. The van der Waals surface area contributed by atoms with Gasteiger partial charge >= 0.3 is 5.97 Å². The summed E-state index contributed by atoms with van der Waals surface area (Å²) in [5, 5.41) is 12.0. The highest BCUT2D eigenvalue weighted by Crippen LogP contribution is 2.29. The highest BCUT2D eigenvalue weighted by Gasteiger charge is 2.09. The highest BCUT2D eigenvalue weighted by atomic mass is 32.1. The number of carboxylic acids is 1. The van der Waals surface area contributed by atoms with Gasteiger partial charge in [-0.3, -0.25) is 4.79 Å². The molecule has 3 rings (SSSR count). The van der Waals surface area contributed by atoms with Crippen molar-refractivity contribution in [2.24, 2.45) is 0 Å². The minimum atomic E-state index is -1.02. The van der Waals surface area contributed by atoms with Gasteiger partial charge in [0.2, 0.25) is 0 Å². The summed E-state index contributed by atoms with van der Waals surface area (Å²) in [5.41, 5.74) is 8.14. The van der Waals surface area contributed by atoms with Gasteiger partial charge in [0.05, 0.1) is 11.3 Å². The number of ether oxygens (including phenoxy) is 1. The number of aryl methyl sites for hydroxylation is 1. The third kappa shape index (κ3) is 4.62. The summed E-state index contributed by atoms with van der Waals surface area (Å²) in [6.45, 7) is 1.80. The van der Waals surface area contributed by atoms with E-state index >= 15 is 0 Å². The summed E-state index contributed by atoms with van der Waals surface area (Å²) in [7, 11) is 0. The first-order valence-corrected chi connectivity index (χ1v) is 8.83. The van der Waals surface area contributed by atoms with Crippen LogP contribution in [0.25, 0.3) is 11.3 Å². The van der Waals surface area contributed by atoms with Crippen molar-refractivity contribution in [1.29, 1.82) is 0 Å². The molecular formula is C19H17N3O4S. The number of hydrogen-bond donors (Lipinski definition) is 3. The zero-order chi connectivity index (χ0) is 19.4. The van der Waals surface area contributed by atoms with Gasteiger partial charge in [-0.25, -0.2) is 9.78 Å². The Hall–Kier alpha value is -3.39. The maximum atomic E-state index is 12.0. The third-order valence-corrected chi connectivity index (χ3v) is 4.53. The first-order chi connectivity index (χ1) is 12.9. The molecule has 1 aromatic heterocycles. The van der Waals surface area contributed by atoms with Crippen LogP contribution in [0.15, 0.2) is 48.5 Å². The van der Waals surface area contributed by atoms with E-state index in [0.29, 0.717) is 16.6 Å². The Morgan fingerprint density at radius 3 is 2.37 bits per heavy atom. The van der Waals surface area contributed by atoms with Crippen LogP contribution in [-0.2, 0) is 4.79 Å². The number of anilines is 2. The molecule has 0 aliphatic rings. The number of benzene rings is 2. The van der Waals surface area contributed by atoms with Gasteiger partial charge in [-0.1, -0.05) is 0 Å². The van der Waals surface area contributed by atoms with Gasteiger partial charge in [-0.15, -0.1) is 11.3 Å². The molecule has 8 heteroatoms. The number of carbonyl (C=O) groups is 2. The van der Waals surface area contributed by atoms with Gasteiger partial charge in [0.1, 0.15) is 5.75 Å². The third-order valence-electron chi connectivity index (χ3n) is 3.73. The molecule has 27 heavy (non-hydrogen) atoms. The molecule has 0 fully saturated rings. The SMILES string of the molecule is Cc1sc(N)nc1-c1ccc(OCC(=O)Nc2ccc(C(=O)O)cc2)cc1. The second-order valence-corrected chi connectivity index (χ2v) is 6.94. The Labute approximate surface area is 159 Å². The number of aromatic nitrogens is 1. The predicted octanol–water partition coefficient (Wildman–Crippen LogP) is 3.42. The lowest BCUT2D eigenvalue weighted by atomic mass is 10.1. The average molecular weight is 383 g/mol. The van der Waals surface area contributed by atoms with E-state index in [1.807, 2.05) is 19.1 Å². The molecule has 0 aliphatic heterocycles. The zero-order valence-electron chi connectivity index (χ0n) is 14.4. The summed E-state index contributed by atoms with van der Waals surface area (Å²) < 4.78 is 5.48. The highest BCUT2D eigenvalue weighted by molar-refractivity contribution is 7.15. The van der Waals surface area contributed by atoms with Crippen LogP contribution in [0.1, 0.15) is 15.2 Å². The first-order valence-electron chi connectivity index (χ1n) is 8.02. The van der Waals surface area contributed by atoms with Gasteiger partial charge in [0.15, 0.2) is 11.7 Å². The molecule has 0 bridgehead atoms. The van der Waals surface area contributed by atoms with Crippen molar-refractivity contribution < 1.29 is 19.4 Å². The second kappa shape index (κ2) is 7.88. The summed E-state index contributed by atoms with van der Waals surface area (Å²) in [6, 6.07) is 13.1. The van der Waals surface area contributed by atoms with Crippen molar-refractivity contribution in [1.82, 2.24) is 4.98 Å². The van der Waals surface area contributed by atoms with E-state index in [9.17, 15) is 9.59 Å². The van der Waals surface area contributed by atoms with Crippen LogP contribution in [-0.4, -0.2) is 28.6 Å². The number of hydrogen-bond acceptors (Lipinski definition) is 6. The molecule has 0 aliphatic carbocycles. The Bertz CT molecular complexity index is 966. The summed E-state index contributed by atoms with van der Waals surface area (Å²) in [4.78, 5) is 28.1. The molecule has 0 saturated heterocycles. The van der Waals surface area contributed by atoms with E-state index in [1.54, 1.807) is 12.1 Å². The minimum absolute atomic E-state index is 0.154. The largest absolute Gasteiger partial charge is 0.484 e. The number of nitrogens with one attached hydrogen (secondary N) is 1. The van der Waals surface area contributed by atoms with Crippen molar-refractivity contribution in [2.75, 3.05) is 17.7 Å². The molecule has 2 aromatic carbocycles. The van der Waals surface area contributed by atoms with Gasteiger partial charge in [0, 0.05) is 16.1 Å². The lowest BCUT2D eigenvalue weighted by Crippen LogP contribution is -2.20. The number of amides is 1. The molecule has 0 radical (unpaired) electrons. The Kier molecular flexibility index (Phi) is 5.37. The van der Waals surface area contributed by atoms with Crippen LogP contribution < -0.4 is 15.8 Å². The normalized spacial score (nSPS) is 10.4. The fraction of sp³-hybridized carbons (Fsp3) is 0.105. The minimum Gasteiger partial charge on any atom is -0.484 e. The molecule has 0 atom stereocenters. The van der Waals surface area contributed by atoms with Crippen LogP contribution in [0.5, 0.6) is 5.75 Å². The van der Waals surface area contributed by atoms with E-state index in [2.05, 4.69) is 10.3 Å². The van der Waals surface area contributed by atoms with Crippen molar-refractivity contribution in [2.45, 2.75) is 6.92 Å². The number of nitrogens with zero attached hydrogens (tertiary/aromatic N) is 1. The lowest BCUT2D eigenvalue weighted by molar-refractivity contribution is -0.118. The summed E-state index contributed by atoms with van der Waals surface area (Å²) in [5.74, 6) is -0.809. The van der Waals surface area contributed by atoms with Crippen molar-refractivity contribution >= 4 is 34.0 Å². The van der Waals surface area contributed by atoms with Gasteiger partial charge in [0.25, 0.3) is 5.91 Å². The summed E-state index contributed by atoms with van der Waals surface area (Å²) >= 11 is 1.44. The summed E-state index contributed by atoms with van der Waals surface area (Å²) in [6.07, 6.45) is 0. The van der Waals surface area contributed by atoms with E-state index in [1.165, 1.54) is 35.6 Å². The number of nitrogens with two attached hydrogens (primary N) is 1. The molecule has 3 aromatic rings. The van der Waals surface area contributed by atoms with E-state index in [0.717, 1.165) is 16.1 Å². The molecule has 0 unspecified atom stereocenters. The molecule has 138 valence electrons. The molecule has 7 nitrogen and oxygen atoms in total. The lowest BCUT2D eigenvalue weighted by Gasteiger charge is -2.08.